The number of benzene rings is 9. The molecule has 582 valence electrons. The molecule has 0 amide bonds. The third kappa shape index (κ3) is 16.7. The molecule has 3 N–H and O–H groups in total. The van der Waals surface area contributed by atoms with E-state index in [0.29, 0.717) is 43.3 Å². The average Bonchev–Trinajstić information content (AvgIpc) is 0.741. The number of hydrogen-bond acceptors (Lipinski definition) is 21. The topological polar surface area (TPSA) is 320 Å². The third-order valence-electron chi connectivity index (χ3n) is 17.6. The maximum absolute atomic E-state index is 13.7. The first-order chi connectivity index (χ1) is 53.8. The number of sulfone groups is 3. The molecule has 6 aromatic heterocycles. The van der Waals surface area contributed by atoms with Crippen LogP contribution >= 0.6 is 46.9 Å². The van der Waals surface area contributed by atoms with Gasteiger partial charge in [-0.3, -0.25) is 14.4 Å². The Labute approximate surface area is 654 Å². The van der Waals surface area contributed by atoms with E-state index in [0.717, 1.165) is 71.1 Å². The zero-order valence-electron chi connectivity index (χ0n) is 58.5. The first kappa shape index (κ1) is 80.4. The van der Waals surface area contributed by atoms with Gasteiger partial charge in [-0.25, -0.2) is 57.2 Å². The lowest BCUT2D eigenvalue weighted by Crippen LogP contribution is -2.23. The summed E-state index contributed by atoms with van der Waals surface area (Å²) in [5.41, 5.74) is -4.77. The first-order valence-corrected chi connectivity index (χ1v) is 41.4. The fourth-order valence-corrected chi connectivity index (χ4v) is 16.6. The Morgan fingerprint density at radius 2 is 0.614 bits per heavy atom. The van der Waals surface area contributed by atoms with Gasteiger partial charge in [-0.1, -0.05) is 83.3 Å². The van der Waals surface area contributed by atoms with E-state index in [2.05, 4.69) is 0 Å². The molecule has 114 heavy (non-hydrogen) atoms. The summed E-state index contributed by atoms with van der Waals surface area (Å²) in [7, 11) is -11.0. The number of rotatable bonds is 15. The molecular formula is C79H51ClF7N3O18S6. The summed E-state index contributed by atoms with van der Waals surface area (Å²) in [4.78, 5) is 79.9. The molecule has 35 heteroatoms. The molecule has 0 spiro atoms. The van der Waals surface area contributed by atoms with Gasteiger partial charge in [0, 0.05) is 54.6 Å². The van der Waals surface area contributed by atoms with Crippen LogP contribution in [0, 0.1) is 23.3 Å². The minimum absolute atomic E-state index is 0.0481. The number of alkyl halides is 3. The van der Waals surface area contributed by atoms with Crippen molar-refractivity contribution in [1.82, 2.24) is 13.7 Å². The van der Waals surface area contributed by atoms with Crippen LogP contribution in [0.1, 0.15) is 22.3 Å². The summed E-state index contributed by atoms with van der Waals surface area (Å²) >= 11 is 8.25. The van der Waals surface area contributed by atoms with Gasteiger partial charge in [0.25, 0.3) is 16.7 Å². The maximum atomic E-state index is 13.7. The quantitative estimate of drug-likeness (QED) is 0.0634. The van der Waals surface area contributed by atoms with E-state index in [1.54, 1.807) is 24.3 Å². The Morgan fingerprint density at radius 1 is 0.368 bits per heavy atom. The second-order valence-electron chi connectivity index (χ2n) is 25.5. The first-order valence-electron chi connectivity index (χ1n) is 32.9. The van der Waals surface area contributed by atoms with E-state index < -0.39 is 126 Å². The lowest BCUT2D eigenvalue weighted by molar-refractivity contribution is -0.137. The maximum Gasteiger partial charge on any atom is 0.416 e. The highest BCUT2D eigenvalue weighted by atomic mass is 35.5. The van der Waals surface area contributed by atoms with Crippen LogP contribution in [-0.4, -0.2) is 73.0 Å². The fourth-order valence-electron chi connectivity index (χ4n) is 12.0. The molecule has 0 atom stereocenters. The highest BCUT2D eigenvalue weighted by molar-refractivity contribution is 8.00. The lowest BCUT2D eigenvalue weighted by Gasteiger charge is -2.15. The van der Waals surface area contributed by atoms with Crippen LogP contribution < -0.4 is 33.6 Å². The van der Waals surface area contributed by atoms with Crippen LogP contribution in [-0.2, 0) is 55.3 Å². The standard InChI is InChI=1S/C27H17F4NO6S2.C26H17ClFNO6S2.C26H17F2NO6S2/c1-40(36,37)18-10-11-19-20(12-18)32(13-14-2-6-16(28)7-3-14)25(34)21-22(33)24(26(35)38-23(19)21)39-17-8-4-15(5-9-17)27(29,30)31;1-37(33,34)18-10-11-19-20(12-18)29(13-14-2-6-16(28)7-3-14)25(31)21-22(30)24(26(32)35-23(19)21)36-17-8-4-15(27)5-9-17;1-37(33,34)18-10-11-19-20(12-18)29(13-14-2-4-15(27)5-3-14)25(31)21-22(30)24(26(32)35-23(19)21)36-17-8-6-16(28)7-9-17/h2-12,33H,13H2,1H3;2*2-12,30H,13H2,1H3. The summed E-state index contributed by atoms with van der Waals surface area (Å²) in [6.45, 7) is -0.298. The molecule has 9 aromatic carbocycles. The number of fused-ring (bicyclic) bond motifs is 9. The molecule has 0 saturated carbocycles. The van der Waals surface area contributed by atoms with Gasteiger partial charge in [0.1, 0.15) is 54.1 Å². The van der Waals surface area contributed by atoms with E-state index >= 15 is 0 Å². The van der Waals surface area contributed by atoms with E-state index in [9.17, 15) is 100 Å². The minimum Gasteiger partial charge on any atom is -0.505 e. The van der Waals surface area contributed by atoms with Crippen molar-refractivity contribution in [2.75, 3.05) is 18.8 Å². The molecule has 0 aliphatic carbocycles. The second-order valence-corrected chi connectivity index (χ2v) is 35.2. The van der Waals surface area contributed by atoms with Crippen molar-refractivity contribution in [1.29, 1.82) is 0 Å². The molecule has 21 nitrogen and oxygen atoms in total. The molecule has 0 unspecified atom stereocenters. The van der Waals surface area contributed by atoms with Crippen LogP contribution in [0.25, 0.3) is 65.6 Å². The van der Waals surface area contributed by atoms with Gasteiger partial charge >= 0.3 is 23.1 Å². The second kappa shape index (κ2) is 31.4. The molecule has 6 heterocycles. The van der Waals surface area contributed by atoms with Crippen molar-refractivity contribution in [3.8, 4) is 17.2 Å². The van der Waals surface area contributed by atoms with Crippen LogP contribution in [0.5, 0.6) is 17.2 Å². The molecule has 0 saturated heterocycles. The molecule has 15 aromatic rings. The van der Waals surface area contributed by atoms with Gasteiger partial charge < -0.3 is 42.3 Å². The van der Waals surface area contributed by atoms with Gasteiger partial charge in [0.05, 0.1) is 56.4 Å². The largest absolute Gasteiger partial charge is 0.505 e. The number of nitrogens with zero attached hydrogens (tertiary/aromatic N) is 3. The summed E-state index contributed by atoms with van der Waals surface area (Å²) in [5, 5.41) is 33.5. The van der Waals surface area contributed by atoms with Crippen LogP contribution in [0.4, 0.5) is 30.7 Å². The molecule has 0 aliphatic rings. The van der Waals surface area contributed by atoms with Crippen LogP contribution in [0.15, 0.2) is 286 Å². The van der Waals surface area contributed by atoms with Gasteiger partial charge in [0.15, 0.2) is 63.5 Å². The zero-order valence-corrected chi connectivity index (χ0v) is 64.1. The third-order valence-corrected chi connectivity index (χ3v) is 24.4. The van der Waals surface area contributed by atoms with E-state index in [4.69, 9.17) is 24.9 Å². The number of hydrogen-bond donors (Lipinski definition) is 3. The Bertz CT molecular complexity index is 6930. The van der Waals surface area contributed by atoms with Crippen molar-refractivity contribution in [3.63, 3.8) is 0 Å². The number of aromatic hydroxyl groups is 3. The Morgan fingerprint density at radius 3 is 0.868 bits per heavy atom. The Balaban J connectivity index is 0.000000149. The number of halogens is 8. The fraction of sp³-hybridized carbons (Fsp3) is 0.0886. The molecule has 0 aliphatic heterocycles. The number of pyridine rings is 3. The van der Waals surface area contributed by atoms with E-state index in [1.165, 1.54) is 161 Å². The molecule has 15 rings (SSSR count). The van der Waals surface area contributed by atoms with Crippen molar-refractivity contribution in [2.45, 2.75) is 69.9 Å². The average molecular weight is 1690 g/mol. The molecule has 0 bridgehead atoms. The molecular weight excluding hydrogens is 1640 g/mol. The lowest BCUT2D eigenvalue weighted by atomic mass is 10.1. The van der Waals surface area contributed by atoms with Crippen molar-refractivity contribution < 1.29 is 84.6 Å². The zero-order chi connectivity index (χ0) is 81.9. The minimum atomic E-state index is -4.57. The van der Waals surface area contributed by atoms with Gasteiger partial charge in [-0.2, -0.15) is 13.2 Å². The summed E-state index contributed by atoms with van der Waals surface area (Å²) in [6.07, 6.45) is -1.54. The van der Waals surface area contributed by atoms with Crippen molar-refractivity contribution in [2.24, 2.45) is 0 Å². The predicted octanol–water partition coefficient (Wildman–Crippen LogP) is 15.5. The van der Waals surface area contributed by atoms with E-state index in [-0.39, 0.29) is 109 Å². The Hall–Kier alpha value is -11.7. The smallest absolute Gasteiger partial charge is 0.416 e. The molecule has 0 radical (unpaired) electrons. The summed E-state index contributed by atoms with van der Waals surface area (Å²) in [5.74, 6) is -3.84. The highest BCUT2D eigenvalue weighted by Crippen LogP contribution is 2.43. The van der Waals surface area contributed by atoms with Crippen molar-refractivity contribution >= 4 is 142 Å². The molecule has 0 fully saturated rings. The summed E-state index contributed by atoms with van der Waals surface area (Å²) < 4.78 is 186. The normalized spacial score (nSPS) is 12.0. The van der Waals surface area contributed by atoms with Crippen LogP contribution in [0.2, 0.25) is 5.02 Å². The summed E-state index contributed by atoms with van der Waals surface area (Å²) in [6, 6.07) is 43.5. The number of aromatic nitrogens is 3. The van der Waals surface area contributed by atoms with E-state index in [1.807, 2.05) is 0 Å². The van der Waals surface area contributed by atoms with Crippen LogP contribution in [0.3, 0.4) is 0 Å². The highest BCUT2D eigenvalue weighted by Gasteiger charge is 2.32. The Kier molecular flexibility index (Phi) is 22.1. The van der Waals surface area contributed by atoms with Gasteiger partial charge in [-0.05, 0) is 180 Å². The van der Waals surface area contributed by atoms with Gasteiger partial charge in [0.2, 0.25) is 0 Å². The van der Waals surface area contributed by atoms with Gasteiger partial charge in [-0.15, -0.1) is 0 Å². The predicted molar refractivity (Wildman–Crippen MR) is 415 cm³/mol. The SMILES string of the molecule is CS(=O)(=O)c1ccc2c3oc(=O)c(Sc4ccc(C(F)(F)F)cc4)c(O)c3c(=O)n(Cc3ccc(F)cc3)c2c1.CS(=O)(=O)c1ccc2c3oc(=O)c(Sc4ccc(Cl)cc4)c(O)c3c(=O)n(Cc3ccc(F)cc3)c2c1.CS(=O)(=O)c1ccc2c3oc(=O)c(Sc4ccc(F)cc4)c(O)c3c(=O)n(Cc3ccc(F)cc3)c2c1. The monoisotopic (exact) mass is 1690 g/mol. The van der Waals surface area contributed by atoms with Crippen molar-refractivity contribution in [3.05, 3.63) is 313 Å².